The Labute approximate surface area is 120 Å². The summed E-state index contributed by atoms with van der Waals surface area (Å²) in [6.07, 6.45) is 5.06. The molecule has 0 saturated heterocycles. The SMILES string of the molecule is NC(=O)C1(N)CCCC(Sc2n[nH]c(=O)n2C2CC2)C1. The Morgan fingerprint density at radius 1 is 1.45 bits per heavy atom. The molecule has 0 aliphatic heterocycles. The minimum Gasteiger partial charge on any atom is -0.368 e. The first kappa shape index (κ1) is 13.7. The molecule has 0 spiro atoms. The second-order valence-corrected chi connectivity index (χ2v) is 7.04. The fourth-order valence-corrected chi connectivity index (χ4v) is 4.16. The lowest BCUT2D eigenvalue weighted by Gasteiger charge is -2.34. The summed E-state index contributed by atoms with van der Waals surface area (Å²) in [5.41, 5.74) is 10.4. The third kappa shape index (κ3) is 2.49. The summed E-state index contributed by atoms with van der Waals surface area (Å²) in [5.74, 6) is -0.440. The highest BCUT2D eigenvalue weighted by atomic mass is 32.2. The van der Waals surface area contributed by atoms with E-state index in [1.165, 1.54) is 11.8 Å². The zero-order valence-corrected chi connectivity index (χ0v) is 12.0. The molecule has 1 aromatic heterocycles. The number of thioether (sulfide) groups is 1. The fourth-order valence-electron chi connectivity index (χ4n) is 2.76. The normalized spacial score (nSPS) is 30.4. The molecule has 3 rings (SSSR count). The van der Waals surface area contributed by atoms with Crippen LogP contribution in [0.2, 0.25) is 0 Å². The lowest BCUT2D eigenvalue weighted by atomic mass is 9.82. The van der Waals surface area contributed by atoms with Crippen LogP contribution < -0.4 is 17.2 Å². The predicted octanol–water partition coefficient (Wildman–Crippen LogP) is 0.124. The number of aromatic amines is 1. The van der Waals surface area contributed by atoms with Gasteiger partial charge in [-0.3, -0.25) is 9.36 Å². The average Bonchev–Trinajstić information content (AvgIpc) is 3.15. The molecule has 7 nitrogen and oxygen atoms in total. The van der Waals surface area contributed by atoms with E-state index in [-0.39, 0.29) is 17.0 Å². The molecule has 2 unspecified atom stereocenters. The van der Waals surface area contributed by atoms with E-state index in [1.54, 1.807) is 4.57 Å². The summed E-state index contributed by atoms with van der Waals surface area (Å²) in [6, 6.07) is 0.283. The monoisotopic (exact) mass is 297 g/mol. The molecule has 0 bridgehead atoms. The second-order valence-electron chi connectivity index (χ2n) is 5.77. The summed E-state index contributed by atoms with van der Waals surface area (Å²) in [5, 5.41) is 7.48. The Morgan fingerprint density at radius 3 is 2.85 bits per heavy atom. The lowest BCUT2D eigenvalue weighted by Crippen LogP contribution is -2.55. The Kier molecular flexibility index (Phi) is 3.37. The van der Waals surface area contributed by atoms with E-state index in [4.69, 9.17) is 11.5 Å². The molecule has 5 N–H and O–H groups in total. The number of hydrogen-bond donors (Lipinski definition) is 3. The molecule has 1 amide bonds. The van der Waals surface area contributed by atoms with Crippen molar-refractivity contribution in [3.05, 3.63) is 10.5 Å². The van der Waals surface area contributed by atoms with Crippen molar-refractivity contribution in [1.29, 1.82) is 0 Å². The third-order valence-corrected chi connectivity index (χ3v) is 5.32. The van der Waals surface area contributed by atoms with E-state index in [0.29, 0.717) is 18.0 Å². The van der Waals surface area contributed by atoms with Gasteiger partial charge in [-0.1, -0.05) is 11.8 Å². The van der Waals surface area contributed by atoms with Crippen LogP contribution in [0, 0.1) is 0 Å². The van der Waals surface area contributed by atoms with Gasteiger partial charge in [0.05, 0.1) is 5.54 Å². The standard InChI is InChI=1S/C12H19N5O2S/c13-9(18)12(14)5-1-2-8(6-12)20-11-16-15-10(19)17(11)7-3-4-7/h7-8H,1-6,14H2,(H2,13,18)(H,15,19). The molecule has 2 fully saturated rings. The lowest BCUT2D eigenvalue weighted by molar-refractivity contribution is -0.124. The smallest absolute Gasteiger partial charge is 0.344 e. The van der Waals surface area contributed by atoms with Crippen LogP contribution in [0.3, 0.4) is 0 Å². The number of carbonyl (C=O) groups excluding carboxylic acids is 1. The molecule has 2 atom stereocenters. The van der Waals surface area contributed by atoms with Crippen LogP contribution in [0.25, 0.3) is 0 Å². The van der Waals surface area contributed by atoms with Gasteiger partial charge in [-0.25, -0.2) is 9.89 Å². The third-order valence-electron chi connectivity index (χ3n) is 4.09. The molecule has 20 heavy (non-hydrogen) atoms. The van der Waals surface area contributed by atoms with Crippen molar-refractivity contribution >= 4 is 17.7 Å². The van der Waals surface area contributed by atoms with Crippen molar-refractivity contribution in [2.75, 3.05) is 0 Å². The van der Waals surface area contributed by atoms with Crippen molar-refractivity contribution in [1.82, 2.24) is 14.8 Å². The molecule has 2 aliphatic rings. The van der Waals surface area contributed by atoms with Crippen molar-refractivity contribution < 1.29 is 4.79 Å². The Bertz CT molecular complexity index is 579. The Balaban J connectivity index is 1.75. The van der Waals surface area contributed by atoms with E-state index in [0.717, 1.165) is 25.7 Å². The molecule has 0 aromatic carbocycles. The molecule has 110 valence electrons. The van der Waals surface area contributed by atoms with Crippen LogP contribution in [-0.4, -0.2) is 31.5 Å². The van der Waals surface area contributed by atoms with Gasteiger partial charge in [0.15, 0.2) is 5.16 Å². The topological polar surface area (TPSA) is 120 Å². The molecular weight excluding hydrogens is 278 g/mol. The van der Waals surface area contributed by atoms with E-state index in [1.807, 2.05) is 0 Å². The summed E-state index contributed by atoms with van der Waals surface area (Å²) < 4.78 is 1.72. The number of nitrogens with one attached hydrogen (secondary N) is 1. The highest BCUT2D eigenvalue weighted by molar-refractivity contribution is 7.99. The molecule has 2 aliphatic carbocycles. The largest absolute Gasteiger partial charge is 0.368 e. The van der Waals surface area contributed by atoms with Gasteiger partial charge in [-0.2, -0.15) is 0 Å². The number of H-pyrrole nitrogens is 1. The van der Waals surface area contributed by atoms with Crippen molar-refractivity contribution in [2.45, 2.75) is 60.5 Å². The predicted molar refractivity (Wildman–Crippen MR) is 75.3 cm³/mol. The number of hydrogen-bond acceptors (Lipinski definition) is 5. The maximum absolute atomic E-state index is 11.7. The molecule has 0 radical (unpaired) electrons. The molecule has 1 aromatic rings. The zero-order valence-electron chi connectivity index (χ0n) is 11.2. The van der Waals surface area contributed by atoms with E-state index >= 15 is 0 Å². The molecular formula is C12H19N5O2S. The van der Waals surface area contributed by atoms with Crippen LogP contribution in [0.15, 0.2) is 9.95 Å². The Hall–Kier alpha value is -1.28. The van der Waals surface area contributed by atoms with Crippen LogP contribution in [-0.2, 0) is 4.79 Å². The molecule has 1 heterocycles. The maximum Gasteiger partial charge on any atom is 0.344 e. The minimum atomic E-state index is -0.920. The number of nitrogens with zero attached hydrogens (tertiary/aromatic N) is 2. The fraction of sp³-hybridized carbons (Fsp3) is 0.750. The molecule has 2 saturated carbocycles. The number of carbonyl (C=O) groups is 1. The second kappa shape index (κ2) is 4.92. The van der Waals surface area contributed by atoms with Crippen molar-refractivity contribution in [3.63, 3.8) is 0 Å². The van der Waals surface area contributed by atoms with Gasteiger partial charge in [0.2, 0.25) is 5.91 Å². The number of nitrogens with two attached hydrogens (primary N) is 2. The number of rotatable bonds is 4. The maximum atomic E-state index is 11.7. The first-order valence-corrected chi connectivity index (χ1v) is 7.80. The van der Waals surface area contributed by atoms with Crippen LogP contribution in [0.4, 0.5) is 0 Å². The number of aromatic nitrogens is 3. The van der Waals surface area contributed by atoms with Crippen LogP contribution in [0.1, 0.15) is 44.6 Å². The Morgan fingerprint density at radius 2 is 2.20 bits per heavy atom. The van der Waals surface area contributed by atoms with E-state index in [2.05, 4.69) is 10.2 Å². The van der Waals surface area contributed by atoms with Gasteiger partial charge in [0.25, 0.3) is 0 Å². The van der Waals surface area contributed by atoms with Gasteiger partial charge >= 0.3 is 5.69 Å². The van der Waals surface area contributed by atoms with Crippen LogP contribution >= 0.6 is 11.8 Å². The van der Waals surface area contributed by atoms with Gasteiger partial charge in [-0.05, 0) is 38.5 Å². The van der Waals surface area contributed by atoms with Crippen molar-refractivity contribution in [3.8, 4) is 0 Å². The van der Waals surface area contributed by atoms with Crippen molar-refractivity contribution in [2.24, 2.45) is 11.5 Å². The average molecular weight is 297 g/mol. The highest BCUT2D eigenvalue weighted by Crippen LogP contribution is 2.40. The van der Waals surface area contributed by atoms with E-state index in [9.17, 15) is 9.59 Å². The van der Waals surface area contributed by atoms with Gasteiger partial charge in [0, 0.05) is 11.3 Å². The minimum absolute atomic E-state index is 0.153. The van der Waals surface area contributed by atoms with Gasteiger partial charge in [-0.15, -0.1) is 5.10 Å². The van der Waals surface area contributed by atoms with Gasteiger partial charge in [0.1, 0.15) is 0 Å². The number of amides is 1. The van der Waals surface area contributed by atoms with Crippen LogP contribution in [0.5, 0.6) is 0 Å². The first-order chi connectivity index (χ1) is 9.49. The number of primary amides is 1. The van der Waals surface area contributed by atoms with Gasteiger partial charge < -0.3 is 11.5 Å². The first-order valence-electron chi connectivity index (χ1n) is 6.92. The summed E-state index contributed by atoms with van der Waals surface area (Å²) >= 11 is 1.53. The molecule has 8 heteroatoms. The summed E-state index contributed by atoms with van der Waals surface area (Å²) in [7, 11) is 0. The quantitative estimate of drug-likeness (QED) is 0.729. The zero-order chi connectivity index (χ0) is 14.3. The highest BCUT2D eigenvalue weighted by Gasteiger charge is 2.39. The summed E-state index contributed by atoms with van der Waals surface area (Å²) in [6.45, 7) is 0. The van der Waals surface area contributed by atoms with E-state index < -0.39 is 11.4 Å². The summed E-state index contributed by atoms with van der Waals surface area (Å²) in [4.78, 5) is 23.2.